The quantitative estimate of drug-likeness (QED) is 0.458. The van der Waals surface area contributed by atoms with Crippen LogP contribution < -0.4 is 9.54 Å². The molecule has 1 aromatic heterocycles. The topological polar surface area (TPSA) is 51.3 Å². The number of halogens is 1. The van der Waals surface area contributed by atoms with Crippen LogP contribution in [-0.4, -0.2) is 62.3 Å². The minimum Gasteiger partial charge on any atom is -0.497 e. The highest BCUT2D eigenvalue weighted by atomic mass is 79.9. The van der Waals surface area contributed by atoms with Crippen LogP contribution in [0.1, 0.15) is 5.56 Å². The maximum absolute atomic E-state index is 5.43. The fraction of sp³-hybridized carbons (Fsp3) is 0.304. The van der Waals surface area contributed by atoms with Crippen molar-refractivity contribution in [2.75, 3.05) is 46.5 Å². The second kappa shape index (κ2) is 10.9. The molecule has 1 aliphatic heterocycles. The van der Waals surface area contributed by atoms with E-state index in [-0.39, 0.29) is 0 Å². The first-order chi connectivity index (χ1) is 15.2. The van der Waals surface area contributed by atoms with Gasteiger partial charge in [0, 0.05) is 35.1 Å². The predicted molar refractivity (Wildman–Crippen MR) is 129 cm³/mol. The molecule has 1 aliphatic rings. The fourth-order valence-corrected chi connectivity index (χ4v) is 4.59. The van der Waals surface area contributed by atoms with Gasteiger partial charge in [-0.2, -0.15) is 5.10 Å². The summed E-state index contributed by atoms with van der Waals surface area (Å²) < 4.78 is 13.7. The highest BCUT2D eigenvalue weighted by molar-refractivity contribution is 9.10. The van der Waals surface area contributed by atoms with E-state index in [4.69, 9.17) is 19.6 Å². The van der Waals surface area contributed by atoms with E-state index in [1.54, 1.807) is 18.4 Å². The third kappa shape index (κ3) is 5.92. The number of ether oxygens (including phenoxy) is 2. The Kier molecular flexibility index (Phi) is 7.69. The molecule has 6 nitrogen and oxygen atoms in total. The van der Waals surface area contributed by atoms with Gasteiger partial charge in [0.1, 0.15) is 5.75 Å². The first-order valence-electron chi connectivity index (χ1n) is 10.2. The molecule has 0 unspecified atom stereocenters. The number of morpholine rings is 1. The molecule has 0 saturated carbocycles. The number of rotatable bonds is 7. The molecule has 3 aromatic rings. The smallest absolute Gasteiger partial charge is 0.206 e. The number of methoxy groups -OCH3 is 1. The van der Waals surface area contributed by atoms with Gasteiger partial charge in [-0.15, -0.1) is 11.3 Å². The Morgan fingerprint density at radius 1 is 1.16 bits per heavy atom. The molecule has 31 heavy (non-hydrogen) atoms. The summed E-state index contributed by atoms with van der Waals surface area (Å²) in [4.78, 5) is 8.13. The zero-order chi connectivity index (χ0) is 21.5. The summed E-state index contributed by atoms with van der Waals surface area (Å²) in [5, 5.41) is 6.90. The van der Waals surface area contributed by atoms with E-state index >= 15 is 0 Å². The van der Waals surface area contributed by atoms with E-state index in [1.165, 1.54) is 0 Å². The van der Waals surface area contributed by atoms with Gasteiger partial charge in [-0.3, -0.25) is 9.89 Å². The van der Waals surface area contributed by atoms with Crippen LogP contribution >= 0.6 is 27.3 Å². The zero-order valence-corrected chi connectivity index (χ0v) is 19.8. The maximum Gasteiger partial charge on any atom is 0.206 e. The minimum absolute atomic E-state index is 0.729. The van der Waals surface area contributed by atoms with Gasteiger partial charge in [0.15, 0.2) is 0 Å². The Labute approximate surface area is 194 Å². The molecule has 0 amide bonds. The molecule has 0 spiro atoms. The zero-order valence-electron chi connectivity index (χ0n) is 17.4. The average Bonchev–Trinajstić information content (AvgIpc) is 3.21. The summed E-state index contributed by atoms with van der Waals surface area (Å²) in [6.07, 6.45) is 1.84. The van der Waals surface area contributed by atoms with E-state index in [1.807, 2.05) is 47.3 Å². The van der Waals surface area contributed by atoms with Crippen molar-refractivity contribution in [3.05, 3.63) is 68.7 Å². The minimum atomic E-state index is 0.729. The van der Waals surface area contributed by atoms with Crippen LogP contribution in [0.4, 0.5) is 0 Å². The van der Waals surface area contributed by atoms with Crippen LogP contribution in [0.15, 0.2) is 68.5 Å². The number of nitrogens with zero attached hydrogens (tertiary/aromatic N) is 4. The largest absolute Gasteiger partial charge is 0.497 e. The maximum atomic E-state index is 5.43. The molecule has 162 valence electrons. The molecule has 0 atom stereocenters. The molecule has 0 radical (unpaired) electrons. The van der Waals surface area contributed by atoms with E-state index in [0.29, 0.717) is 0 Å². The molecular weight excluding hydrogens is 476 g/mol. The van der Waals surface area contributed by atoms with Gasteiger partial charge in [-0.05, 0) is 29.8 Å². The van der Waals surface area contributed by atoms with Crippen molar-refractivity contribution in [3.8, 4) is 17.0 Å². The second-order valence-electron chi connectivity index (χ2n) is 7.08. The normalized spacial score (nSPS) is 15.6. The Morgan fingerprint density at radius 3 is 2.81 bits per heavy atom. The number of thiazole rings is 1. The first-order valence-corrected chi connectivity index (χ1v) is 11.9. The standard InChI is InChI=1S/C23H25BrN4O2S/c1-29-21-7-2-4-18(14-21)16-26-28-22(19-5-3-6-20(24)15-19)17-31-23(28)25-8-9-27-10-12-30-13-11-27/h2-7,14-17H,8-13H2,1H3. The average molecular weight is 501 g/mol. The van der Waals surface area contributed by atoms with Gasteiger partial charge in [0.05, 0.1) is 38.8 Å². The Morgan fingerprint density at radius 2 is 2.00 bits per heavy atom. The van der Waals surface area contributed by atoms with Crippen LogP contribution in [0.5, 0.6) is 5.75 Å². The summed E-state index contributed by atoms with van der Waals surface area (Å²) in [5.74, 6) is 0.807. The monoisotopic (exact) mass is 500 g/mol. The Balaban J connectivity index is 1.64. The van der Waals surface area contributed by atoms with E-state index in [2.05, 4.69) is 38.3 Å². The van der Waals surface area contributed by atoms with E-state index in [9.17, 15) is 0 Å². The third-order valence-electron chi connectivity index (χ3n) is 4.99. The number of hydrogen-bond acceptors (Lipinski definition) is 6. The van der Waals surface area contributed by atoms with Crippen molar-refractivity contribution in [2.24, 2.45) is 10.1 Å². The lowest BCUT2D eigenvalue weighted by atomic mass is 10.2. The van der Waals surface area contributed by atoms with Gasteiger partial charge in [0.2, 0.25) is 4.80 Å². The number of benzene rings is 2. The molecule has 2 aromatic carbocycles. The Hall–Kier alpha value is -2.26. The van der Waals surface area contributed by atoms with Gasteiger partial charge in [0.25, 0.3) is 0 Å². The molecule has 0 aliphatic carbocycles. The van der Waals surface area contributed by atoms with Crippen molar-refractivity contribution in [3.63, 3.8) is 0 Å². The molecule has 1 saturated heterocycles. The lowest BCUT2D eigenvalue weighted by Crippen LogP contribution is -2.38. The van der Waals surface area contributed by atoms with Crippen LogP contribution in [0, 0.1) is 0 Å². The highest BCUT2D eigenvalue weighted by Crippen LogP contribution is 2.23. The van der Waals surface area contributed by atoms with Crippen molar-refractivity contribution in [2.45, 2.75) is 0 Å². The summed E-state index contributed by atoms with van der Waals surface area (Å²) in [5.41, 5.74) is 3.07. The summed E-state index contributed by atoms with van der Waals surface area (Å²) in [6.45, 7) is 5.20. The first kappa shape index (κ1) is 22.0. The van der Waals surface area contributed by atoms with E-state index < -0.39 is 0 Å². The Bertz CT molecular complexity index is 1100. The molecule has 0 bridgehead atoms. The fourth-order valence-electron chi connectivity index (χ4n) is 3.32. The summed E-state index contributed by atoms with van der Waals surface area (Å²) in [6, 6.07) is 16.1. The number of aromatic nitrogens is 1. The SMILES string of the molecule is COc1cccc(C=Nn2c(-c3cccc(Br)c3)csc2=NCCN2CCOCC2)c1. The van der Waals surface area contributed by atoms with E-state index in [0.717, 1.165) is 71.2 Å². The van der Waals surface area contributed by atoms with Crippen molar-refractivity contribution >= 4 is 33.5 Å². The van der Waals surface area contributed by atoms with Crippen molar-refractivity contribution in [1.82, 2.24) is 9.58 Å². The van der Waals surface area contributed by atoms with Gasteiger partial charge < -0.3 is 9.47 Å². The molecular formula is C23H25BrN4O2S. The second-order valence-corrected chi connectivity index (χ2v) is 8.83. The molecule has 2 heterocycles. The van der Waals surface area contributed by atoms with Gasteiger partial charge in [-0.25, -0.2) is 4.68 Å². The van der Waals surface area contributed by atoms with Crippen molar-refractivity contribution in [1.29, 1.82) is 0 Å². The summed E-state index contributed by atoms with van der Waals surface area (Å²) in [7, 11) is 1.67. The number of hydrogen-bond donors (Lipinski definition) is 0. The summed E-state index contributed by atoms with van der Waals surface area (Å²) >= 11 is 5.18. The van der Waals surface area contributed by atoms with Crippen LogP contribution in [0.2, 0.25) is 0 Å². The van der Waals surface area contributed by atoms with Crippen LogP contribution in [0.3, 0.4) is 0 Å². The molecule has 8 heteroatoms. The lowest BCUT2D eigenvalue weighted by Gasteiger charge is -2.25. The molecule has 1 fully saturated rings. The highest BCUT2D eigenvalue weighted by Gasteiger charge is 2.10. The predicted octanol–water partition coefficient (Wildman–Crippen LogP) is 4.10. The van der Waals surface area contributed by atoms with Crippen LogP contribution in [-0.2, 0) is 4.74 Å². The lowest BCUT2D eigenvalue weighted by molar-refractivity contribution is 0.0393. The molecule has 4 rings (SSSR count). The van der Waals surface area contributed by atoms with Gasteiger partial charge >= 0.3 is 0 Å². The third-order valence-corrected chi connectivity index (χ3v) is 6.34. The van der Waals surface area contributed by atoms with Crippen molar-refractivity contribution < 1.29 is 9.47 Å². The van der Waals surface area contributed by atoms with Gasteiger partial charge in [-0.1, -0.05) is 40.2 Å². The van der Waals surface area contributed by atoms with Crippen LogP contribution in [0.25, 0.3) is 11.3 Å². The molecule has 0 N–H and O–H groups in total.